The maximum Gasteiger partial charge on any atom is 0.271 e. The van der Waals surface area contributed by atoms with Crippen LogP contribution in [0.25, 0.3) is 0 Å². The highest BCUT2D eigenvalue weighted by Crippen LogP contribution is 2.35. The van der Waals surface area contributed by atoms with E-state index in [2.05, 4.69) is 0 Å². The molecule has 1 unspecified atom stereocenters. The fraction of sp³-hybridized carbons (Fsp3) is 0.417. The Morgan fingerprint density at radius 2 is 2.32 bits per heavy atom. The van der Waals surface area contributed by atoms with E-state index in [4.69, 9.17) is 9.84 Å². The molecule has 7 heteroatoms. The molecule has 1 saturated heterocycles. The monoisotopic (exact) mass is 266 g/mol. The molecule has 0 radical (unpaired) electrons. The van der Waals surface area contributed by atoms with Crippen LogP contribution in [0.15, 0.2) is 18.2 Å². The Balaban J connectivity index is 2.39. The Labute approximate surface area is 109 Å². The highest BCUT2D eigenvalue weighted by atomic mass is 16.6. The van der Waals surface area contributed by atoms with Gasteiger partial charge in [0.15, 0.2) is 0 Å². The van der Waals surface area contributed by atoms with E-state index in [1.807, 2.05) is 0 Å². The Morgan fingerprint density at radius 1 is 1.58 bits per heavy atom. The van der Waals surface area contributed by atoms with Gasteiger partial charge in [-0.25, -0.2) is 0 Å². The lowest BCUT2D eigenvalue weighted by molar-refractivity contribution is -0.384. The van der Waals surface area contributed by atoms with Gasteiger partial charge in [0.1, 0.15) is 5.75 Å². The number of non-ortho nitro benzene ring substituents is 1. The van der Waals surface area contributed by atoms with Crippen molar-refractivity contribution in [1.29, 1.82) is 0 Å². The number of carbonyl (C=O) groups excluding carboxylic acids is 1. The Morgan fingerprint density at radius 3 is 2.84 bits per heavy atom. The number of benzene rings is 1. The van der Waals surface area contributed by atoms with Crippen LogP contribution in [0.5, 0.6) is 5.75 Å². The second kappa shape index (κ2) is 5.23. The first-order chi connectivity index (χ1) is 9.06. The highest BCUT2D eigenvalue weighted by Gasteiger charge is 2.32. The van der Waals surface area contributed by atoms with E-state index in [9.17, 15) is 14.9 Å². The standard InChI is InChI=1S/C12H14N2O5/c1-19-11-3-2-9(14(17)18)5-10(11)13-6-8(7-15)4-12(13)16/h2-3,5,8,15H,4,6-7H2,1H3. The van der Waals surface area contributed by atoms with Crippen LogP contribution in [0.2, 0.25) is 0 Å². The van der Waals surface area contributed by atoms with Crippen LogP contribution < -0.4 is 9.64 Å². The summed E-state index contributed by atoms with van der Waals surface area (Å²) in [7, 11) is 1.44. The molecule has 1 amide bonds. The van der Waals surface area contributed by atoms with Gasteiger partial charge in [0, 0.05) is 37.6 Å². The van der Waals surface area contributed by atoms with Crippen molar-refractivity contribution >= 4 is 17.3 Å². The number of anilines is 1. The molecule has 1 N–H and O–H groups in total. The van der Waals surface area contributed by atoms with Gasteiger partial charge in [0.05, 0.1) is 17.7 Å². The van der Waals surface area contributed by atoms with Gasteiger partial charge in [0.2, 0.25) is 5.91 Å². The first-order valence-corrected chi connectivity index (χ1v) is 5.80. The molecule has 19 heavy (non-hydrogen) atoms. The van der Waals surface area contributed by atoms with Gasteiger partial charge < -0.3 is 14.7 Å². The van der Waals surface area contributed by atoms with E-state index < -0.39 is 4.92 Å². The molecular formula is C12H14N2O5. The van der Waals surface area contributed by atoms with Crippen LogP contribution >= 0.6 is 0 Å². The van der Waals surface area contributed by atoms with E-state index in [-0.39, 0.29) is 30.5 Å². The predicted molar refractivity (Wildman–Crippen MR) is 67.2 cm³/mol. The molecule has 1 atom stereocenters. The lowest BCUT2D eigenvalue weighted by atomic mass is 10.1. The lowest BCUT2D eigenvalue weighted by Crippen LogP contribution is -2.25. The molecule has 1 heterocycles. The maximum absolute atomic E-state index is 11.9. The van der Waals surface area contributed by atoms with Crippen molar-refractivity contribution in [3.05, 3.63) is 28.3 Å². The van der Waals surface area contributed by atoms with Gasteiger partial charge in [0.25, 0.3) is 5.69 Å². The van der Waals surface area contributed by atoms with E-state index in [1.165, 1.54) is 30.2 Å². The molecule has 1 aromatic rings. The molecule has 2 rings (SSSR count). The molecule has 0 saturated carbocycles. The van der Waals surface area contributed by atoms with Gasteiger partial charge >= 0.3 is 0 Å². The molecule has 1 aliphatic rings. The number of hydrogen-bond donors (Lipinski definition) is 1. The van der Waals surface area contributed by atoms with Gasteiger partial charge in [-0.15, -0.1) is 0 Å². The molecule has 1 aromatic carbocycles. The molecule has 0 aromatic heterocycles. The van der Waals surface area contributed by atoms with Crippen molar-refractivity contribution in [2.24, 2.45) is 5.92 Å². The Kier molecular flexibility index (Phi) is 3.66. The molecule has 7 nitrogen and oxygen atoms in total. The van der Waals surface area contributed by atoms with Crippen molar-refractivity contribution in [2.75, 3.05) is 25.2 Å². The summed E-state index contributed by atoms with van der Waals surface area (Å²) in [6.45, 7) is 0.256. The summed E-state index contributed by atoms with van der Waals surface area (Å²) in [5, 5.41) is 19.9. The minimum Gasteiger partial charge on any atom is -0.495 e. The van der Waals surface area contributed by atoms with Crippen LogP contribution in [0.1, 0.15) is 6.42 Å². The smallest absolute Gasteiger partial charge is 0.271 e. The number of rotatable bonds is 4. The minimum atomic E-state index is -0.521. The van der Waals surface area contributed by atoms with Crippen molar-refractivity contribution in [1.82, 2.24) is 0 Å². The lowest BCUT2D eigenvalue weighted by Gasteiger charge is -2.19. The second-order valence-electron chi connectivity index (χ2n) is 4.37. The van der Waals surface area contributed by atoms with E-state index in [0.717, 1.165) is 0 Å². The van der Waals surface area contributed by atoms with Crippen molar-refractivity contribution in [2.45, 2.75) is 6.42 Å². The minimum absolute atomic E-state index is 0.0838. The highest BCUT2D eigenvalue weighted by molar-refractivity contribution is 5.97. The summed E-state index contributed by atoms with van der Waals surface area (Å²) in [4.78, 5) is 23.6. The number of carbonyl (C=O) groups is 1. The van der Waals surface area contributed by atoms with Gasteiger partial charge in [-0.05, 0) is 6.07 Å². The average Bonchev–Trinajstić information content (AvgIpc) is 2.79. The first kappa shape index (κ1) is 13.3. The van der Waals surface area contributed by atoms with Gasteiger partial charge in [-0.3, -0.25) is 14.9 Å². The maximum atomic E-state index is 11.9. The van der Waals surface area contributed by atoms with Crippen molar-refractivity contribution in [3.8, 4) is 5.75 Å². The summed E-state index contributed by atoms with van der Waals surface area (Å²) in [6.07, 6.45) is 0.238. The first-order valence-electron chi connectivity index (χ1n) is 5.80. The zero-order valence-electron chi connectivity index (χ0n) is 10.4. The van der Waals surface area contributed by atoms with Crippen molar-refractivity contribution < 1.29 is 19.6 Å². The number of aliphatic hydroxyl groups excluding tert-OH is 1. The SMILES string of the molecule is COc1ccc([N+](=O)[O-])cc1N1CC(CO)CC1=O. The molecule has 1 fully saturated rings. The zero-order valence-corrected chi connectivity index (χ0v) is 10.4. The molecule has 0 spiro atoms. The summed E-state index contributed by atoms with van der Waals surface area (Å²) in [6, 6.07) is 4.11. The fourth-order valence-corrected chi connectivity index (χ4v) is 2.14. The van der Waals surface area contributed by atoms with Gasteiger partial charge in [-0.2, -0.15) is 0 Å². The van der Waals surface area contributed by atoms with E-state index >= 15 is 0 Å². The summed E-state index contributed by atoms with van der Waals surface area (Å²) >= 11 is 0. The predicted octanol–water partition coefficient (Wildman–Crippen LogP) is 0.949. The van der Waals surface area contributed by atoms with Crippen molar-refractivity contribution in [3.63, 3.8) is 0 Å². The second-order valence-corrected chi connectivity index (χ2v) is 4.37. The molecule has 0 bridgehead atoms. The molecule has 1 aliphatic heterocycles. The zero-order chi connectivity index (χ0) is 14.0. The number of nitrogens with zero attached hydrogens (tertiary/aromatic N) is 2. The van der Waals surface area contributed by atoms with Crippen LogP contribution in [-0.2, 0) is 4.79 Å². The van der Waals surface area contributed by atoms with Crippen LogP contribution in [0.3, 0.4) is 0 Å². The van der Waals surface area contributed by atoms with E-state index in [1.54, 1.807) is 0 Å². The van der Waals surface area contributed by atoms with Crippen LogP contribution in [0.4, 0.5) is 11.4 Å². The number of nitro benzene ring substituents is 1. The normalized spacial score (nSPS) is 18.7. The largest absolute Gasteiger partial charge is 0.495 e. The topological polar surface area (TPSA) is 92.9 Å². The molecular weight excluding hydrogens is 252 g/mol. The summed E-state index contributed by atoms with van der Waals surface area (Å²) in [5.74, 6) is 0.0897. The number of methoxy groups -OCH3 is 1. The molecule has 0 aliphatic carbocycles. The van der Waals surface area contributed by atoms with E-state index in [0.29, 0.717) is 18.0 Å². The summed E-state index contributed by atoms with van der Waals surface area (Å²) in [5.41, 5.74) is 0.272. The third-order valence-corrected chi connectivity index (χ3v) is 3.13. The third kappa shape index (κ3) is 2.50. The number of hydrogen-bond acceptors (Lipinski definition) is 5. The average molecular weight is 266 g/mol. The third-order valence-electron chi connectivity index (χ3n) is 3.13. The Bertz CT molecular complexity index is 517. The number of nitro groups is 1. The number of aliphatic hydroxyl groups is 1. The Hall–Kier alpha value is -2.15. The fourth-order valence-electron chi connectivity index (χ4n) is 2.14. The number of ether oxygens (including phenoxy) is 1. The van der Waals surface area contributed by atoms with Crippen LogP contribution in [-0.4, -0.2) is 36.2 Å². The van der Waals surface area contributed by atoms with Crippen LogP contribution in [0, 0.1) is 16.0 Å². The summed E-state index contributed by atoms with van der Waals surface area (Å²) < 4.78 is 5.13. The quantitative estimate of drug-likeness (QED) is 0.647. The number of amides is 1. The molecule has 102 valence electrons. The van der Waals surface area contributed by atoms with Gasteiger partial charge in [-0.1, -0.05) is 0 Å².